The van der Waals surface area contributed by atoms with Crippen molar-refractivity contribution in [1.82, 2.24) is 0 Å². The molecule has 1 fully saturated rings. The van der Waals surface area contributed by atoms with Gasteiger partial charge in [-0.05, 0) is 31.4 Å². The van der Waals surface area contributed by atoms with Crippen LogP contribution in [0.4, 0.5) is 8.78 Å². The second kappa shape index (κ2) is 3.02. The summed E-state index contributed by atoms with van der Waals surface area (Å²) in [6, 6.07) is 2.66. The topological polar surface area (TPSA) is 20.2 Å². The van der Waals surface area contributed by atoms with Crippen LogP contribution in [0.25, 0.3) is 0 Å². The summed E-state index contributed by atoms with van der Waals surface area (Å²) in [4.78, 5) is 0. The molecule has 3 heteroatoms. The van der Waals surface area contributed by atoms with Crippen molar-refractivity contribution in [3.8, 4) is 0 Å². The zero-order chi connectivity index (χ0) is 10.3. The molecule has 0 atom stereocenters. The van der Waals surface area contributed by atoms with Crippen LogP contribution in [0.1, 0.15) is 24.0 Å². The normalized spacial score (nSPS) is 18.3. The van der Waals surface area contributed by atoms with Gasteiger partial charge in [-0.15, -0.1) is 0 Å². The Kier molecular flexibility index (Phi) is 2.07. The summed E-state index contributed by atoms with van der Waals surface area (Å²) in [5.74, 6) is -1.06. The van der Waals surface area contributed by atoms with E-state index in [0.717, 1.165) is 0 Å². The van der Waals surface area contributed by atoms with Crippen LogP contribution in [-0.4, -0.2) is 10.7 Å². The van der Waals surface area contributed by atoms with Gasteiger partial charge in [-0.1, -0.05) is 6.07 Å². The molecule has 1 N–H and O–H groups in total. The maximum absolute atomic E-state index is 13.5. The monoisotopic (exact) mass is 198 g/mol. The first-order valence-electron chi connectivity index (χ1n) is 4.68. The van der Waals surface area contributed by atoms with E-state index in [-0.39, 0.29) is 5.56 Å². The molecule has 0 aromatic heterocycles. The molecule has 1 aromatic rings. The van der Waals surface area contributed by atoms with Gasteiger partial charge >= 0.3 is 0 Å². The van der Waals surface area contributed by atoms with Crippen LogP contribution in [-0.2, 0) is 6.42 Å². The molecule has 1 saturated carbocycles. The molecule has 0 radical (unpaired) electrons. The highest BCUT2D eigenvalue weighted by molar-refractivity contribution is 5.28. The molecule has 0 bridgehead atoms. The van der Waals surface area contributed by atoms with Crippen LogP contribution in [0.3, 0.4) is 0 Å². The highest BCUT2D eigenvalue weighted by atomic mass is 19.1. The summed E-state index contributed by atoms with van der Waals surface area (Å²) in [5.41, 5.74) is -0.291. The Morgan fingerprint density at radius 1 is 1.36 bits per heavy atom. The van der Waals surface area contributed by atoms with Crippen molar-refractivity contribution < 1.29 is 13.9 Å². The molecule has 1 aliphatic rings. The quantitative estimate of drug-likeness (QED) is 0.773. The highest BCUT2D eigenvalue weighted by Gasteiger charge is 2.40. The third-order valence-electron chi connectivity index (χ3n) is 2.75. The van der Waals surface area contributed by atoms with Crippen molar-refractivity contribution in [1.29, 1.82) is 0 Å². The van der Waals surface area contributed by atoms with Gasteiger partial charge in [-0.2, -0.15) is 0 Å². The average Bonchev–Trinajstić information content (AvgIpc) is 2.86. The number of hydrogen-bond acceptors (Lipinski definition) is 1. The number of rotatable bonds is 2. The van der Waals surface area contributed by atoms with Gasteiger partial charge < -0.3 is 5.11 Å². The van der Waals surface area contributed by atoms with Gasteiger partial charge in [0.2, 0.25) is 0 Å². The summed E-state index contributed by atoms with van der Waals surface area (Å²) in [6.45, 7) is 1.41. The molecule has 0 aliphatic heterocycles. The van der Waals surface area contributed by atoms with Gasteiger partial charge in [0, 0.05) is 12.0 Å². The lowest BCUT2D eigenvalue weighted by Gasteiger charge is -2.10. The van der Waals surface area contributed by atoms with Crippen molar-refractivity contribution in [3.63, 3.8) is 0 Å². The van der Waals surface area contributed by atoms with Crippen molar-refractivity contribution in [2.24, 2.45) is 0 Å². The molecule has 76 valence electrons. The van der Waals surface area contributed by atoms with Crippen LogP contribution in [0.2, 0.25) is 0 Å². The second-order valence-electron chi connectivity index (χ2n) is 4.05. The van der Waals surface area contributed by atoms with Crippen LogP contribution in [0.5, 0.6) is 0 Å². The fourth-order valence-corrected chi connectivity index (χ4v) is 1.53. The molecule has 0 saturated heterocycles. The molecule has 0 unspecified atom stereocenters. The second-order valence-corrected chi connectivity index (χ2v) is 4.05. The molecule has 1 nitrogen and oxygen atoms in total. The third kappa shape index (κ3) is 1.64. The minimum atomic E-state index is -0.731. The lowest BCUT2D eigenvalue weighted by Crippen LogP contribution is -2.12. The van der Waals surface area contributed by atoms with Gasteiger partial charge in [0.15, 0.2) is 0 Å². The van der Waals surface area contributed by atoms with Crippen molar-refractivity contribution in [2.75, 3.05) is 0 Å². The van der Waals surface area contributed by atoms with Gasteiger partial charge in [-0.25, -0.2) is 8.78 Å². The van der Waals surface area contributed by atoms with Crippen molar-refractivity contribution in [2.45, 2.75) is 31.8 Å². The van der Waals surface area contributed by atoms with Crippen molar-refractivity contribution in [3.05, 3.63) is 34.9 Å². The molecule has 1 aliphatic carbocycles. The molecule has 0 heterocycles. The Labute approximate surface area is 81.4 Å². The highest BCUT2D eigenvalue weighted by Crippen LogP contribution is 2.38. The third-order valence-corrected chi connectivity index (χ3v) is 2.75. The summed E-state index contributed by atoms with van der Waals surface area (Å²) in [5, 5.41) is 9.61. The maximum atomic E-state index is 13.5. The van der Waals surface area contributed by atoms with Gasteiger partial charge in [0.05, 0.1) is 5.60 Å². The predicted octanol–water partition coefficient (Wildman–Crippen LogP) is 2.34. The Balaban J connectivity index is 2.30. The van der Waals surface area contributed by atoms with Crippen LogP contribution < -0.4 is 0 Å². The standard InChI is InChI=1S/C11H12F2O/c1-7-9(12)3-2-8(10(7)13)6-11(14)4-5-11/h2-3,14H,4-6H2,1H3. The minimum Gasteiger partial charge on any atom is -0.390 e. The maximum Gasteiger partial charge on any atom is 0.132 e. The van der Waals surface area contributed by atoms with E-state index in [0.29, 0.717) is 24.8 Å². The average molecular weight is 198 g/mol. The van der Waals surface area contributed by atoms with E-state index in [4.69, 9.17) is 0 Å². The Morgan fingerprint density at radius 2 is 2.00 bits per heavy atom. The molecular weight excluding hydrogens is 186 g/mol. The van der Waals surface area contributed by atoms with E-state index in [9.17, 15) is 13.9 Å². The van der Waals surface area contributed by atoms with E-state index in [2.05, 4.69) is 0 Å². The largest absolute Gasteiger partial charge is 0.390 e. The zero-order valence-electron chi connectivity index (χ0n) is 7.98. The first-order valence-corrected chi connectivity index (χ1v) is 4.68. The van der Waals surface area contributed by atoms with E-state index in [1.54, 1.807) is 0 Å². The van der Waals surface area contributed by atoms with Gasteiger partial charge in [-0.3, -0.25) is 0 Å². The molecule has 2 rings (SSSR count). The summed E-state index contributed by atoms with van der Waals surface area (Å²) in [6.07, 6.45) is 1.71. The smallest absolute Gasteiger partial charge is 0.132 e. The summed E-state index contributed by atoms with van der Waals surface area (Å²) >= 11 is 0. The summed E-state index contributed by atoms with van der Waals surface area (Å²) < 4.78 is 26.4. The molecule has 1 aromatic carbocycles. The Morgan fingerprint density at radius 3 is 2.57 bits per heavy atom. The Bertz CT molecular complexity index is 370. The lowest BCUT2D eigenvalue weighted by molar-refractivity contribution is 0.149. The van der Waals surface area contributed by atoms with Crippen LogP contribution in [0.15, 0.2) is 12.1 Å². The molecule has 0 amide bonds. The van der Waals surface area contributed by atoms with Gasteiger partial charge in [0.25, 0.3) is 0 Å². The van der Waals surface area contributed by atoms with E-state index in [1.807, 2.05) is 0 Å². The fourth-order valence-electron chi connectivity index (χ4n) is 1.53. The first-order chi connectivity index (χ1) is 6.52. The molecule has 0 spiro atoms. The Hall–Kier alpha value is -0.960. The number of benzene rings is 1. The van der Waals surface area contributed by atoms with Crippen LogP contribution >= 0.6 is 0 Å². The van der Waals surface area contributed by atoms with Crippen molar-refractivity contribution >= 4 is 0 Å². The van der Waals surface area contributed by atoms with E-state index in [1.165, 1.54) is 19.1 Å². The van der Waals surface area contributed by atoms with Crippen LogP contribution in [0, 0.1) is 18.6 Å². The van der Waals surface area contributed by atoms with Gasteiger partial charge in [0.1, 0.15) is 11.6 Å². The number of halogens is 2. The zero-order valence-corrected chi connectivity index (χ0v) is 7.98. The number of hydrogen-bond donors (Lipinski definition) is 1. The first kappa shape index (κ1) is 9.59. The lowest BCUT2D eigenvalue weighted by atomic mass is 10.0. The van der Waals surface area contributed by atoms with E-state index < -0.39 is 17.2 Å². The predicted molar refractivity (Wildman–Crippen MR) is 49.0 cm³/mol. The summed E-state index contributed by atoms with van der Waals surface area (Å²) in [7, 11) is 0. The minimum absolute atomic E-state index is 0.0340. The number of aliphatic hydroxyl groups is 1. The SMILES string of the molecule is Cc1c(F)ccc(CC2(O)CC2)c1F. The van der Waals surface area contributed by atoms with E-state index >= 15 is 0 Å². The molecular formula is C11H12F2O. The molecule has 14 heavy (non-hydrogen) atoms. The fraction of sp³-hybridized carbons (Fsp3) is 0.455.